The molecule has 0 bridgehead atoms. The molecule has 24 heavy (non-hydrogen) atoms. The molecule has 0 aromatic heterocycles. The minimum absolute atomic E-state index is 1.11. The van der Waals surface area contributed by atoms with E-state index in [1.54, 1.807) is 0 Å². The van der Waals surface area contributed by atoms with Crippen molar-refractivity contribution in [1.82, 2.24) is 14.0 Å². The summed E-state index contributed by atoms with van der Waals surface area (Å²) in [5.74, 6) is 0. The van der Waals surface area contributed by atoms with E-state index in [1.807, 2.05) is 0 Å². The van der Waals surface area contributed by atoms with Crippen LogP contribution in [0.1, 0.15) is 38.5 Å². The van der Waals surface area contributed by atoms with Gasteiger partial charge in [-0.1, -0.05) is 0 Å². The molecule has 0 aromatic rings. The van der Waals surface area contributed by atoms with Crippen LogP contribution in [0, 0.1) is 0 Å². The molecule has 0 atom stereocenters. The first-order chi connectivity index (χ1) is 10.8. The molecular weight excluding hydrogens is 378 g/mol. The van der Waals surface area contributed by atoms with E-state index in [4.69, 9.17) is 0 Å². The van der Waals surface area contributed by atoms with Crippen LogP contribution in [0.25, 0.3) is 0 Å². The standard InChI is InChI=1S/C12H25N3OP.F6P/c16-17(13-7-1-2-8-13,14-9-3-4-10-14)15-11-5-6-12-15;1-7(2,3,4,5)6/h16H,1-12H2;/q+1;-1. The first-order valence-corrected chi connectivity index (χ1v) is 11.8. The molecule has 3 aliphatic rings. The molecule has 4 nitrogen and oxygen atoms in total. The predicted octanol–water partition coefficient (Wildman–Crippen LogP) is 5.33. The van der Waals surface area contributed by atoms with E-state index >= 15 is 0 Å². The van der Waals surface area contributed by atoms with Gasteiger partial charge in [-0.25, -0.2) is 0 Å². The summed E-state index contributed by atoms with van der Waals surface area (Å²) in [6.45, 7) is 6.65. The van der Waals surface area contributed by atoms with Crippen LogP contribution in [-0.2, 0) is 0 Å². The Balaban J connectivity index is 0.000000256. The van der Waals surface area contributed by atoms with E-state index in [-0.39, 0.29) is 0 Å². The van der Waals surface area contributed by atoms with Gasteiger partial charge in [-0.2, -0.15) is 4.89 Å². The third-order valence-electron chi connectivity index (χ3n) is 4.39. The van der Waals surface area contributed by atoms with Crippen LogP contribution >= 0.6 is 15.8 Å². The normalized spacial score (nSPS) is 27.6. The van der Waals surface area contributed by atoms with E-state index in [1.165, 1.54) is 38.5 Å². The van der Waals surface area contributed by atoms with E-state index in [2.05, 4.69) is 14.0 Å². The second-order valence-corrected chi connectivity index (χ2v) is 11.2. The van der Waals surface area contributed by atoms with Gasteiger partial charge in [0.25, 0.3) is 0 Å². The van der Waals surface area contributed by atoms with Gasteiger partial charge in [0.15, 0.2) is 0 Å². The number of halogens is 6. The molecule has 12 heteroatoms. The average molecular weight is 403 g/mol. The second kappa shape index (κ2) is 6.46. The minimum Gasteiger partial charge on any atom is -0.196 e. The topological polar surface area (TPSA) is 30.0 Å². The van der Waals surface area contributed by atoms with Gasteiger partial charge in [0, 0.05) is 39.3 Å². The zero-order valence-corrected chi connectivity index (χ0v) is 15.2. The fourth-order valence-electron chi connectivity index (χ4n) is 3.44. The van der Waals surface area contributed by atoms with E-state index in [0.29, 0.717) is 0 Å². The summed E-state index contributed by atoms with van der Waals surface area (Å²) >= 11 is 0. The van der Waals surface area contributed by atoms with Crippen LogP contribution in [0.3, 0.4) is 0 Å². The minimum atomic E-state index is -10.7. The molecule has 0 saturated carbocycles. The van der Waals surface area contributed by atoms with Crippen molar-refractivity contribution in [2.75, 3.05) is 39.3 Å². The molecule has 0 aliphatic carbocycles. The van der Waals surface area contributed by atoms with Gasteiger partial charge in [0.2, 0.25) is 0 Å². The molecule has 3 heterocycles. The van der Waals surface area contributed by atoms with E-state index < -0.39 is 15.8 Å². The Bertz CT molecular complexity index is 378. The van der Waals surface area contributed by atoms with Gasteiger partial charge in [-0.15, -0.1) is 14.0 Å². The van der Waals surface area contributed by atoms with Crippen molar-refractivity contribution in [3.05, 3.63) is 0 Å². The quantitative estimate of drug-likeness (QED) is 0.510. The fraction of sp³-hybridized carbons (Fsp3) is 1.00. The Hall–Kier alpha value is 0.280. The third-order valence-corrected chi connectivity index (χ3v) is 7.86. The third kappa shape index (κ3) is 6.54. The van der Waals surface area contributed by atoms with Crippen molar-refractivity contribution < 1.29 is 30.1 Å². The molecule has 3 rings (SSSR count). The molecule has 146 valence electrons. The molecule has 3 aliphatic heterocycles. The summed E-state index contributed by atoms with van der Waals surface area (Å²) in [7, 11) is -12.8. The van der Waals surface area contributed by atoms with Gasteiger partial charge >= 0.3 is 40.9 Å². The summed E-state index contributed by atoms with van der Waals surface area (Å²) in [4.78, 5) is 11.4. The summed E-state index contributed by atoms with van der Waals surface area (Å²) in [5.41, 5.74) is 0. The fourth-order valence-corrected chi connectivity index (χ4v) is 6.97. The molecule has 3 saturated heterocycles. The van der Waals surface area contributed by atoms with Crippen LogP contribution < -0.4 is 0 Å². The average Bonchev–Trinajstić information content (AvgIpc) is 3.16. The Labute approximate surface area is 138 Å². The number of hydrogen-bond acceptors (Lipinski definition) is 4. The smallest absolute Gasteiger partial charge is 0.196 e. The number of nitrogens with zero attached hydrogens (tertiary/aromatic N) is 3. The molecule has 3 fully saturated rings. The van der Waals surface area contributed by atoms with Gasteiger partial charge in [-0.05, 0) is 38.5 Å². The zero-order chi connectivity index (χ0) is 18.1. The zero-order valence-electron chi connectivity index (χ0n) is 13.4. The van der Waals surface area contributed by atoms with Crippen molar-refractivity contribution in [3.8, 4) is 0 Å². The van der Waals surface area contributed by atoms with Crippen LogP contribution in [0.15, 0.2) is 0 Å². The molecule has 0 unspecified atom stereocenters. The molecular formula is C12H25F6N3OP2. The van der Waals surface area contributed by atoms with Crippen LogP contribution in [0.2, 0.25) is 0 Å². The molecule has 0 radical (unpaired) electrons. The molecule has 0 amide bonds. The van der Waals surface area contributed by atoms with E-state index in [0.717, 1.165) is 39.3 Å². The predicted molar refractivity (Wildman–Crippen MR) is 85.1 cm³/mol. The summed E-state index contributed by atoms with van der Waals surface area (Å²) in [5, 5.41) is 0. The molecule has 1 N–H and O–H groups in total. The van der Waals surface area contributed by atoms with Crippen molar-refractivity contribution in [2.24, 2.45) is 0 Å². The first kappa shape index (κ1) is 20.6. The van der Waals surface area contributed by atoms with Gasteiger partial charge in [0.1, 0.15) is 0 Å². The SMILES string of the molecule is F[P-](F)(F)(F)(F)F.O[P+](N1CCCC1)(N1CCCC1)N1CCCC1. The molecule has 0 spiro atoms. The summed E-state index contributed by atoms with van der Waals surface area (Å²) in [6.07, 6.45) is 7.61. The van der Waals surface area contributed by atoms with Crippen LogP contribution in [-0.4, -0.2) is 58.2 Å². The maximum absolute atomic E-state index is 11.4. The Morgan fingerprint density at radius 1 is 0.542 bits per heavy atom. The Morgan fingerprint density at radius 3 is 0.875 bits per heavy atom. The van der Waals surface area contributed by atoms with Crippen molar-refractivity contribution in [1.29, 1.82) is 0 Å². The first-order valence-electron chi connectivity index (χ1n) is 8.21. The molecule has 0 aromatic carbocycles. The van der Waals surface area contributed by atoms with Gasteiger partial charge in [0.05, 0.1) is 0 Å². The van der Waals surface area contributed by atoms with Gasteiger partial charge < -0.3 is 0 Å². The van der Waals surface area contributed by atoms with Crippen molar-refractivity contribution >= 4 is 15.8 Å². The van der Waals surface area contributed by atoms with Crippen LogP contribution in [0.5, 0.6) is 0 Å². The second-order valence-electron chi connectivity index (χ2n) is 6.48. The Morgan fingerprint density at radius 2 is 0.708 bits per heavy atom. The van der Waals surface area contributed by atoms with Crippen molar-refractivity contribution in [2.45, 2.75) is 38.5 Å². The summed E-state index contributed by atoms with van der Waals surface area (Å²) in [6, 6.07) is 0. The largest absolute Gasteiger partial charge is 0.368 e. The monoisotopic (exact) mass is 403 g/mol. The van der Waals surface area contributed by atoms with E-state index in [9.17, 15) is 30.1 Å². The number of rotatable bonds is 3. The maximum atomic E-state index is 11.4. The number of hydrogen-bond donors (Lipinski definition) is 1. The van der Waals surface area contributed by atoms with Crippen molar-refractivity contribution in [3.63, 3.8) is 0 Å². The summed E-state index contributed by atoms with van der Waals surface area (Å²) < 4.78 is 66.5. The Kier molecular flexibility index (Phi) is 5.55. The van der Waals surface area contributed by atoms with Crippen LogP contribution in [0.4, 0.5) is 25.2 Å². The van der Waals surface area contributed by atoms with Gasteiger partial charge in [-0.3, -0.25) is 0 Å². The maximum Gasteiger partial charge on any atom is 0.368 e.